The standard InChI is InChI=1S/C18H11Cl2F3N4O2/c19-10-4-2-5-11(20)14(10)16(28)25-13-6-1-3-9-12(7-8-24-15(9)13)26-27-17(29)18(21,22)23/h1-8H,(H,24,26)(H,25,28)(H,27,29). The molecule has 3 N–H and O–H groups in total. The summed E-state index contributed by atoms with van der Waals surface area (Å²) < 4.78 is 37.1. The van der Waals surface area contributed by atoms with E-state index in [4.69, 9.17) is 23.2 Å². The van der Waals surface area contributed by atoms with E-state index >= 15 is 0 Å². The van der Waals surface area contributed by atoms with Crippen LogP contribution in [0.4, 0.5) is 24.5 Å². The SMILES string of the molecule is O=C(Nc1cccc2c(NNC(=O)C(F)(F)F)ccnc12)c1c(Cl)cccc1Cl. The van der Waals surface area contributed by atoms with Crippen molar-refractivity contribution in [1.29, 1.82) is 0 Å². The second kappa shape index (κ2) is 8.14. The van der Waals surface area contributed by atoms with Gasteiger partial charge in [-0.2, -0.15) is 13.2 Å². The largest absolute Gasteiger partial charge is 0.472 e. The predicted molar refractivity (Wildman–Crippen MR) is 104 cm³/mol. The van der Waals surface area contributed by atoms with E-state index in [0.717, 1.165) is 0 Å². The first kappa shape index (κ1) is 20.7. The number of halogens is 5. The number of hydrazine groups is 1. The number of fused-ring (bicyclic) bond motifs is 1. The van der Waals surface area contributed by atoms with Crippen molar-refractivity contribution in [2.75, 3.05) is 10.7 Å². The maximum absolute atomic E-state index is 12.6. The molecule has 1 aromatic heterocycles. The van der Waals surface area contributed by atoms with E-state index in [2.05, 4.69) is 15.7 Å². The molecule has 0 saturated heterocycles. The maximum atomic E-state index is 12.6. The molecule has 0 spiro atoms. The zero-order valence-electron chi connectivity index (χ0n) is 14.3. The summed E-state index contributed by atoms with van der Waals surface area (Å²) in [6.45, 7) is 0. The van der Waals surface area contributed by atoms with Crippen molar-refractivity contribution in [3.63, 3.8) is 0 Å². The third-order valence-corrected chi connectivity index (χ3v) is 4.41. The Labute approximate surface area is 172 Å². The van der Waals surface area contributed by atoms with Crippen molar-refractivity contribution in [1.82, 2.24) is 10.4 Å². The summed E-state index contributed by atoms with van der Waals surface area (Å²) in [5.74, 6) is -2.74. The zero-order valence-corrected chi connectivity index (χ0v) is 15.8. The molecule has 0 unspecified atom stereocenters. The van der Waals surface area contributed by atoms with Crippen LogP contribution in [0.15, 0.2) is 48.7 Å². The molecule has 29 heavy (non-hydrogen) atoms. The number of nitrogens with one attached hydrogen (secondary N) is 3. The summed E-state index contributed by atoms with van der Waals surface area (Å²) in [4.78, 5) is 27.8. The van der Waals surface area contributed by atoms with Crippen LogP contribution in [0.1, 0.15) is 10.4 Å². The second-order valence-corrected chi connectivity index (χ2v) is 6.50. The molecule has 3 aromatic rings. The number of anilines is 2. The van der Waals surface area contributed by atoms with E-state index in [1.54, 1.807) is 29.7 Å². The minimum Gasteiger partial charge on any atom is -0.320 e. The highest BCUT2D eigenvalue weighted by molar-refractivity contribution is 6.40. The second-order valence-electron chi connectivity index (χ2n) is 5.69. The Kier molecular flexibility index (Phi) is 5.81. The van der Waals surface area contributed by atoms with Crippen LogP contribution in [0.25, 0.3) is 10.9 Å². The summed E-state index contributed by atoms with van der Waals surface area (Å²) in [5, 5.41) is 3.30. The van der Waals surface area contributed by atoms with Gasteiger partial charge in [-0.05, 0) is 24.3 Å². The molecule has 0 aliphatic carbocycles. The van der Waals surface area contributed by atoms with Gasteiger partial charge in [0.2, 0.25) is 0 Å². The molecule has 3 rings (SSSR count). The molecule has 0 bridgehead atoms. The molecule has 0 radical (unpaired) electrons. The molecule has 0 fully saturated rings. The molecule has 2 aromatic carbocycles. The third-order valence-electron chi connectivity index (χ3n) is 3.78. The van der Waals surface area contributed by atoms with E-state index in [-0.39, 0.29) is 32.5 Å². The summed E-state index contributed by atoms with van der Waals surface area (Å²) in [7, 11) is 0. The summed E-state index contributed by atoms with van der Waals surface area (Å²) in [5.41, 5.74) is 4.55. The summed E-state index contributed by atoms with van der Waals surface area (Å²) in [6.07, 6.45) is -3.73. The number of para-hydroxylation sites is 1. The number of hydrogen-bond donors (Lipinski definition) is 3. The Morgan fingerprint density at radius 2 is 1.59 bits per heavy atom. The van der Waals surface area contributed by atoms with Crippen molar-refractivity contribution >= 4 is 57.3 Å². The number of nitrogens with zero attached hydrogens (tertiary/aromatic N) is 1. The van der Waals surface area contributed by atoms with Crippen molar-refractivity contribution in [3.05, 3.63) is 64.3 Å². The number of benzene rings is 2. The number of rotatable bonds is 4. The van der Waals surface area contributed by atoms with Crippen LogP contribution >= 0.6 is 23.2 Å². The smallest absolute Gasteiger partial charge is 0.320 e. The highest BCUT2D eigenvalue weighted by Crippen LogP contribution is 2.29. The van der Waals surface area contributed by atoms with Crippen molar-refractivity contribution < 1.29 is 22.8 Å². The van der Waals surface area contributed by atoms with Crippen LogP contribution in [0, 0.1) is 0 Å². The van der Waals surface area contributed by atoms with E-state index in [1.807, 2.05) is 0 Å². The van der Waals surface area contributed by atoms with Gasteiger partial charge in [-0.15, -0.1) is 0 Å². The fourth-order valence-electron chi connectivity index (χ4n) is 2.48. The lowest BCUT2D eigenvalue weighted by Gasteiger charge is -2.14. The molecular weight excluding hydrogens is 432 g/mol. The molecule has 6 nitrogen and oxygen atoms in total. The molecule has 0 atom stereocenters. The van der Waals surface area contributed by atoms with Crippen molar-refractivity contribution in [2.24, 2.45) is 0 Å². The number of aromatic nitrogens is 1. The molecule has 1 heterocycles. The Morgan fingerprint density at radius 3 is 2.24 bits per heavy atom. The lowest BCUT2D eigenvalue weighted by molar-refractivity contribution is -0.173. The monoisotopic (exact) mass is 442 g/mol. The van der Waals surface area contributed by atoms with Crippen LogP contribution in [-0.4, -0.2) is 23.0 Å². The average molecular weight is 443 g/mol. The zero-order chi connectivity index (χ0) is 21.2. The molecular formula is C18H11Cl2F3N4O2. The van der Waals surface area contributed by atoms with Crippen LogP contribution in [0.3, 0.4) is 0 Å². The number of hydrogen-bond acceptors (Lipinski definition) is 4. The topological polar surface area (TPSA) is 83.1 Å². The van der Waals surface area contributed by atoms with Crippen LogP contribution < -0.4 is 16.2 Å². The molecule has 11 heteroatoms. The van der Waals surface area contributed by atoms with Gasteiger partial charge >= 0.3 is 12.1 Å². The minimum atomic E-state index is -5.04. The van der Waals surface area contributed by atoms with Gasteiger partial charge in [0.15, 0.2) is 0 Å². The number of pyridine rings is 1. The van der Waals surface area contributed by atoms with Gasteiger partial charge in [-0.25, -0.2) is 0 Å². The molecule has 150 valence electrons. The maximum Gasteiger partial charge on any atom is 0.472 e. The molecule has 0 saturated carbocycles. The van der Waals surface area contributed by atoms with Gasteiger partial charge < -0.3 is 5.32 Å². The minimum absolute atomic E-state index is 0.0690. The Bertz CT molecular complexity index is 1090. The first-order valence-electron chi connectivity index (χ1n) is 7.95. The van der Waals surface area contributed by atoms with E-state index in [1.165, 1.54) is 24.4 Å². The quantitative estimate of drug-likeness (QED) is 0.506. The van der Waals surface area contributed by atoms with Crippen LogP contribution in [0.2, 0.25) is 10.0 Å². The third kappa shape index (κ3) is 4.52. The van der Waals surface area contributed by atoms with Gasteiger partial charge in [0, 0.05) is 11.6 Å². The van der Waals surface area contributed by atoms with Crippen LogP contribution in [-0.2, 0) is 4.79 Å². The highest BCUT2D eigenvalue weighted by atomic mass is 35.5. The predicted octanol–water partition coefficient (Wildman–Crippen LogP) is 4.80. The van der Waals surface area contributed by atoms with Gasteiger partial charge in [0.1, 0.15) is 0 Å². The average Bonchev–Trinajstić information content (AvgIpc) is 2.65. The molecule has 2 amide bonds. The number of amides is 2. The van der Waals surface area contributed by atoms with Crippen LogP contribution in [0.5, 0.6) is 0 Å². The number of carbonyl (C=O) groups is 2. The Hall–Kier alpha value is -3.04. The number of alkyl halides is 3. The fraction of sp³-hybridized carbons (Fsp3) is 0.0556. The first-order valence-corrected chi connectivity index (χ1v) is 8.70. The lowest BCUT2D eigenvalue weighted by Crippen LogP contribution is -2.40. The van der Waals surface area contributed by atoms with Gasteiger partial charge in [0.05, 0.1) is 32.5 Å². The highest BCUT2D eigenvalue weighted by Gasteiger charge is 2.38. The van der Waals surface area contributed by atoms with Gasteiger partial charge in [-0.1, -0.05) is 41.4 Å². The van der Waals surface area contributed by atoms with Gasteiger partial charge in [0.25, 0.3) is 5.91 Å². The lowest BCUT2D eigenvalue weighted by atomic mass is 10.1. The summed E-state index contributed by atoms with van der Waals surface area (Å²) >= 11 is 12.1. The first-order chi connectivity index (χ1) is 13.7. The van der Waals surface area contributed by atoms with E-state index in [9.17, 15) is 22.8 Å². The normalized spacial score (nSPS) is 11.2. The molecule has 0 aliphatic rings. The van der Waals surface area contributed by atoms with Crippen molar-refractivity contribution in [2.45, 2.75) is 6.18 Å². The number of carbonyl (C=O) groups excluding carboxylic acids is 2. The Morgan fingerprint density at radius 1 is 0.931 bits per heavy atom. The van der Waals surface area contributed by atoms with E-state index in [0.29, 0.717) is 5.39 Å². The van der Waals surface area contributed by atoms with E-state index < -0.39 is 18.0 Å². The van der Waals surface area contributed by atoms with Gasteiger partial charge in [-0.3, -0.25) is 25.4 Å². The van der Waals surface area contributed by atoms with Crippen molar-refractivity contribution in [3.8, 4) is 0 Å². The molecule has 0 aliphatic heterocycles. The fourth-order valence-corrected chi connectivity index (χ4v) is 3.05. The Balaban J connectivity index is 1.91. The summed E-state index contributed by atoms with van der Waals surface area (Å²) in [6, 6.07) is 10.6.